The molecule has 6 nitrogen and oxygen atoms in total. The zero-order chi connectivity index (χ0) is 16.3. The van der Waals surface area contributed by atoms with Crippen LogP contribution in [0.4, 0.5) is 0 Å². The maximum absolute atomic E-state index is 12.4. The third-order valence-electron chi connectivity index (χ3n) is 4.39. The Morgan fingerprint density at radius 2 is 2.00 bits per heavy atom. The number of rotatable bonds is 4. The molecular formula is C16H25N3O3. The van der Waals surface area contributed by atoms with Crippen LogP contribution in [-0.4, -0.2) is 32.8 Å². The quantitative estimate of drug-likeness (QED) is 0.836. The van der Waals surface area contributed by atoms with Crippen molar-refractivity contribution in [1.29, 1.82) is 0 Å². The molecule has 1 fully saturated rings. The van der Waals surface area contributed by atoms with Gasteiger partial charge in [-0.1, -0.05) is 33.1 Å². The van der Waals surface area contributed by atoms with Gasteiger partial charge in [0.05, 0.1) is 5.92 Å². The normalized spacial score (nSPS) is 22.4. The van der Waals surface area contributed by atoms with Crippen molar-refractivity contribution in [3.8, 4) is 0 Å². The van der Waals surface area contributed by atoms with Gasteiger partial charge in [0.25, 0.3) is 5.91 Å². The summed E-state index contributed by atoms with van der Waals surface area (Å²) >= 11 is 0. The second kappa shape index (κ2) is 6.94. The van der Waals surface area contributed by atoms with E-state index in [-0.39, 0.29) is 17.9 Å². The maximum atomic E-state index is 12.4. The molecule has 0 aromatic carbocycles. The number of nitrogens with zero attached hydrogens (tertiary/aromatic N) is 2. The Morgan fingerprint density at radius 3 is 2.59 bits per heavy atom. The molecule has 0 radical (unpaired) electrons. The van der Waals surface area contributed by atoms with Crippen molar-refractivity contribution in [3.05, 3.63) is 17.5 Å². The smallest absolute Gasteiger partial charge is 0.308 e. The Kier molecular flexibility index (Phi) is 5.21. The Hall–Kier alpha value is -1.85. The number of carboxylic acid groups (broad SMARTS) is 1. The lowest BCUT2D eigenvalue weighted by Gasteiger charge is -2.22. The van der Waals surface area contributed by atoms with E-state index in [1.807, 2.05) is 20.9 Å². The first kappa shape index (κ1) is 16.5. The number of carboxylic acids is 1. The number of aliphatic carboxylic acids is 1. The SMILES string of the molecule is CC(C)c1cc(C(=O)N[C@H]2CCCCC[C@H]2C(=O)O)nn1C. The van der Waals surface area contributed by atoms with E-state index >= 15 is 0 Å². The van der Waals surface area contributed by atoms with Crippen molar-refractivity contribution in [2.75, 3.05) is 0 Å². The highest BCUT2D eigenvalue weighted by Gasteiger charge is 2.31. The van der Waals surface area contributed by atoms with Crippen LogP contribution in [0.2, 0.25) is 0 Å². The van der Waals surface area contributed by atoms with Gasteiger partial charge >= 0.3 is 5.97 Å². The second-order valence-electron chi connectivity index (χ2n) is 6.40. The summed E-state index contributed by atoms with van der Waals surface area (Å²) in [5, 5.41) is 16.5. The third-order valence-corrected chi connectivity index (χ3v) is 4.39. The minimum absolute atomic E-state index is 0.277. The fourth-order valence-corrected chi connectivity index (χ4v) is 3.15. The number of carbonyl (C=O) groups excluding carboxylic acids is 1. The molecule has 22 heavy (non-hydrogen) atoms. The van der Waals surface area contributed by atoms with Crippen molar-refractivity contribution in [3.63, 3.8) is 0 Å². The minimum Gasteiger partial charge on any atom is -0.481 e. The van der Waals surface area contributed by atoms with Crippen molar-refractivity contribution < 1.29 is 14.7 Å². The summed E-state index contributed by atoms with van der Waals surface area (Å²) in [6.07, 6.45) is 4.22. The van der Waals surface area contributed by atoms with E-state index in [1.165, 1.54) is 0 Å². The molecule has 2 N–H and O–H groups in total. The molecule has 0 spiro atoms. The molecular weight excluding hydrogens is 282 g/mol. The van der Waals surface area contributed by atoms with Gasteiger partial charge in [-0.3, -0.25) is 14.3 Å². The molecule has 2 rings (SSSR count). The van der Waals surface area contributed by atoms with Gasteiger partial charge < -0.3 is 10.4 Å². The first-order valence-electron chi connectivity index (χ1n) is 7.97. The average Bonchev–Trinajstić information content (AvgIpc) is 2.68. The molecule has 0 aliphatic heterocycles. The van der Waals surface area contributed by atoms with Crippen LogP contribution in [0.5, 0.6) is 0 Å². The topological polar surface area (TPSA) is 84.2 Å². The van der Waals surface area contributed by atoms with E-state index in [4.69, 9.17) is 0 Å². The molecule has 0 unspecified atom stereocenters. The molecule has 1 aromatic heterocycles. The number of amides is 1. The zero-order valence-electron chi connectivity index (χ0n) is 13.5. The second-order valence-corrected chi connectivity index (χ2v) is 6.40. The van der Waals surface area contributed by atoms with Crippen LogP contribution < -0.4 is 5.32 Å². The first-order chi connectivity index (χ1) is 10.4. The molecule has 1 heterocycles. The first-order valence-corrected chi connectivity index (χ1v) is 7.97. The van der Waals surface area contributed by atoms with Gasteiger partial charge in [-0.05, 0) is 24.8 Å². The highest BCUT2D eigenvalue weighted by molar-refractivity contribution is 5.93. The van der Waals surface area contributed by atoms with Crippen LogP contribution in [0.1, 0.15) is 68.1 Å². The molecule has 1 amide bonds. The maximum Gasteiger partial charge on any atom is 0.308 e. The summed E-state index contributed by atoms with van der Waals surface area (Å²) in [7, 11) is 1.82. The largest absolute Gasteiger partial charge is 0.481 e. The molecule has 2 atom stereocenters. The highest BCUT2D eigenvalue weighted by atomic mass is 16.4. The van der Waals surface area contributed by atoms with E-state index in [2.05, 4.69) is 10.4 Å². The van der Waals surface area contributed by atoms with Gasteiger partial charge in [-0.15, -0.1) is 0 Å². The van der Waals surface area contributed by atoms with Crippen LogP contribution >= 0.6 is 0 Å². The van der Waals surface area contributed by atoms with E-state index in [0.29, 0.717) is 18.5 Å². The fraction of sp³-hybridized carbons (Fsp3) is 0.688. The molecule has 1 aromatic rings. The van der Waals surface area contributed by atoms with E-state index in [9.17, 15) is 14.7 Å². The highest BCUT2D eigenvalue weighted by Crippen LogP contribution is 2.24. The molecule has 1 aliphatic carbocycles. The Balaban J connectivity index is 2.12. The molecule has 0 bridgehead atoms. The predicted octanol–water partition coefficient (Wildman–Crippen LogP) is 2.31. The number of hydrogen-bond acceptors (Lipinski definition) is 3. The number of carbonyl (C=O) groups is 2. The Bertz CT molecular complexity index is 551. The molecule has 6 heteroatoms. The summed E-state index contributed by atoms with van der Waals surface area (Å²) in [6, 6.07) is 1.48. The fourth-order valence-electron chi connectivity index (χ4n) is 3.15. The lowest BCUT2D eigenvalue weighted by Crippen LogP contribution is -2.43. The van der Waals surface area contributed by atoms with Crippen LogP contribution in [0, 0.1) is 5.92 Å². The summed E-state index contributed by atoms with van der Waals surface area (Å²) in [4.78, 5) is 23.8. The van der Waals surface area contributed by atoms with Gasteiger partial charge in [0, 0.05) is 18.8 Å². The number of aromatic nitrogens is 2. The number of hydrogen-bond donors (Lipinski definition) is 2. The molecule has 1 aliphatic rings. The summed E-state index contributed by atoms with van der Waals surface area (Å²) in [5.74, 6) is -1.32. The van der Waals surface area contributed by atoms with Crippen LogP contribution in [0.3, 0.4) is 0 Å². The summed E-state index contributed by atoms with van der Waals surface area (Å²) < 4.78 is 1.71. The monoisotopic (exact) mass is 307 g/mol. The van der Waals surface area contributed by atoms with Crippen molar-refractivity contribution in [2.45, 2.75) is 57.9 Å². The van der Waals surface area contributed by atoms with Crippen LogP contribution in [-0.2, 0) is 11.8 Å². The van der Waals surface area contributed by atoms with Gasteiger partial charge in [0.1, 0.15) is 5.69 Å². The van der Waals surface area contributed by atoms with Crippen LogP contribution in [0.25, 0.3) is 0 Å². The lowest BCUT2D eigenvalue weighted by molar-refractivity contribution is -0.142. The van der Waals surface area contributed by atoms with Gasteiger partial charge in [0.15, 0.2) is 0 Å². The number of nitrogens with one attached hydrogen (secondary N) is 1. The summed E-state index contributed by atoms with van der Waals surface area (Å²) in [6.45, 7) is 4.09. The van der Waals surface area contributed by atoms with E-state index < -0.39 is 11.9 Å². The van der Waals surface area contributed by atoms with Crippen molar-refractivity contribution >= 4 is 11.9 Å². The molecule has 122 valence electrons. The zero-order valence-corrected chi connectivity index (χ0v) is 13.5. The van der Waals surface area contributed by atoms with Gasteiger partial charge in [0.2, 0.25) is 0 Å². The molecule has 0 saturated heterocycles. The van der Waals surface area contributed by atoms with Crippen LogP contribution in [0.15, 0.2) is 6.07 Å². The predicted molar refractivity (Wildman–Crippen MR) is 82.8 cm³/mol. The van der Waals surface area contributed by atoms with Crippen molar-refractivity contribution in [2.24, 2.45) is 13.0 Å². The number of aryl methyl sites for hydroxylation is 1. The van der Waals surface area contributed by atoms with Crippen molar-refractivity contribution in [1.82, 2.24) is 15.1 Å². The Morgan fingerprint density at radius 1 is 1.32 bits per heavy atom. The third kappa shape index (κ3) is 3.67. The van der Waals surface area contributed by atoms with E-state index in [0.717, 1.165) is 25.0 Å². The lowest BCUT2D eigenvalue weighted by atomic mass is 9.95. The van der Waals surface area contributed by atoms with E-state index in [1.54, 1.807) is 10.7 Å². The minimum atomic E-state index is -0.823. The molecule has 1 saturated carbocycles. The summed E-state index contributed by atoms with van der Waals surface area (Å²) in [5.41, 5.74) is 1.35. The standard InChI is InChI=1S/C16H25N3O3/c1-10(2)14-9-13(18-19(14)3)15(20)17-12-8-6-4-5-7-11(12)16(21)22/h9-12H,4-8H2,1-3H3,(H,17,20)(H,21,22)/t11-,12+/m1/s1. The van der Waals surface area contributed by atoms with Gasteiger partial charge in [-0.2, -0.15) is 5.10 Å². The van der Waals surface area contributed by atoms with Gasteiger partial charge in [-0.25, -0.2) is 0 Å². The average molecular weight is 307 g/mol. The Labute approximate surface area is 130 Å².